The summed E-state index contributed by atoms with van der Waals surface area (Å²) in [7, 11) is 39.3. The van der Waals surface area contributed by atoms with Gasteiger partial charge in [0.1, 0.15) is 0 Å². The molecule has 0 rings (SSSR count). The topological polar surface area (TPSA) is 0 Å². The lowest BCUT2D eigenvalue weighted by Crippen LogP contribution is -1.55. The molecule has 0 aliphatic heterocycles. The Kier molecular flexibility index (Phi) is 26.0. The van der Waals surface area contributed by atoms with Gasteiger partial charge in [-0.25, -0.2) is 0 Å². The van der Waals surface area contributed by atoms with E-state index in [9.17, 15) is 0 Å². The van der Waals surface area contributed by atoms with Gasteiger partial charge in [0.05, 0.1) is 0 Å². The lowest BCUT2D eigenvalue weighted by molar-refractivity contribution is 4.51. The third-order valence-corrected chi connectivity index (χ3v) is 144. The van der Waals surface area contributed by atoms with Gasteiger partial charge in [-0.2, -0.15) is 0 Å². The van der Waals surface area contributed by atoms with Gasteiger partial charge in [0, 0.05) is 0 Å². The van der Waals surface area contributed by atoms with Crippen LogP contribution in [0.5, 0.6) is 0 Å². The van der Waals surface area contributed by atoms with E-state index in [0.717, 1.165) is 0 Å². The minimum absolute atomic E-state index is 0.0246. The molecule has 13 unspecified atom stereocenters. The molecule has 0 radical (unpaired) electrons. The van der Waals surface area contributed by atoms with E-state index in [-0.39, 0.29) is 69.9 Å². The van der Waals surface area contributed by atoms with Crippen LogP contribution in [0.1, 0.15) is 0 Å². The molecule has 0 spiro atoms. The van der Waals surface area contributed by atoms with Crippen molar-refractivity contribution in [3.8, 4) is 0 Å². The van der Waals surface area contributed by atoms with Crippen LogP contribution in [0.15, 0.2) is 0 Å². The molecule has 0 saturated heterocycles. The third kappa shape index (κ3) is 13.5. The summed E-state index contributed by atoms with van der Waals surface area (Å²) in [6.07, 6.45) is 0. The van der Waals surface area contributed by atoms with Gasteiger partial charge in [-0.15, -0.1) is 107 Å². The molecule has 0 aliphatic rings. The quantitative estimate of drug-likeness (QED) is 0.196. The molecule has 0 aromatic rings. The summed E-state index contributed by atoms with van der Waals surface area (Å²) >= 11 is 0. The molecule has 0 fully saturated rings. The lowest BCUT2D eigenvalue weighted by atomic mass is 28.6. The second-order valence-electron chi connectivity index (χ2n) is 3.50. The highest BCUT2D eigenvalue weighted by atomic mass is 33.4. The first-order valence-electron chi connectivity index (χ1n) is 5.15. The third-order valence-electron chi connectivity index (χ3n) is 1.78. The van der Waals surface area contributed by atoms with Crippen LogP contribution in [0.2, 0.25) is 0 Å². The van der Waals surface area contributed by atoms with Crippen molar-refractivity contribution in [2.24, 2.45) is 0 Å². The van der Waals surface area contributed by atoms with Crippen LogP contribution < -0.4 is 0 Å². The number of hydrogen-bond donors (Lipinski definition) is 0. The fourth-order valence-corrected chi connectivity index (χ4v) is 263. The van der Waals surface area contributed by atoms with Crippen LogP contribution in [0.25, 0.3) is 0 Å². The van der Waals surface area contributed by atoms with Crippen molar-refractivity contribution in [1.82, 2.24) is 0 Å². The van der Waals surface area contributed by atoms with E-state index in [2.05, 4.69) is 107 Å². The summed E-state index contributed by atoms with van der Waals surface area (Å²) in [4.78, 5) is 0. The molecule has 0 heterocycles. The zero-order valence-electron chi connectivity index (χ0n) is 11.9. The zero-order valence-corrected chi connectivity index (χ0v) is 35.7. The van der Waals surface area contributed by atoms with E-state index in [0.29, 0.717) is 0 Å². The predicted molar refractivity (Wildman–Crippen MR) is 194 cm³/mol. The van der Waals surface area contributed by atoms with Gasteiger partial charge in [-0.3, -0.25) is 0 Å². The minimum Gasteiger partial charge on any atom is -0.102 e. The molecule has 0 aromatic heterocycles. The molecule has 23 heteroatoms. The Hall–Kier alpha value is 9.89. The molecule has 0 aliphatic carbocycles. The molecule has 0 saturated carbocycles. The zero-order chi connectivity index (χ0) is 18.5. The van der Waals surface area contributed by atoms with Gasteiger partial charge in [-0.05, 0) is 77.8 Å². The van der Waals surface area contributed by atoms with Crippen molar-refractivity contribution in [1.29, 1.82) is 0 Å². The molecular weight excluding hydrogens is 712 g/mol. The maximum absolute atomic E-state index is 3.19. The molecule has 0 bridgehead atoms. The predicted octanol–water partition coefficient (Wildman–Crippen LogP) is 13.1. The van der Waals surface area contributed by atoms with Crippen LogP contribution in [-0.4, -0.2) is 0 Å². The first kappa shape index (κ1) is 32.9. The SMILES string of the molecule is PP(P)P(PP(P(P(P)P)P(P)P)P(P(P)P)P(P)P)P(P)P. The average molecular weight is 738 g/mol. The Morgan fingerprint density at radius 1 is 0.348 bits per heavy atom. The van der Waals surface area contributed by atoms with E-state index in [4.69, 9.17) is 0 Å². The molecule has 23 heavy (non-hydrogen) atoms. The van der Waals surface area contributed by atoms with E-state index in [1.807, 2.05) is 0 Å². The Bertz CT molecular complexity index is 251. The molecule has 0 amide bonds. The maximum Gasteiger partial charge on any atom is -0.00561 e. The minimum atomic E-state index is 0.0246. The monoisotopic (exact) mass is 738 g/mol. The lowest BCUT2D eigenvalue weighted by Gasteiger charge is -2.43. The molecule has 0 aromatic carbocycles. The van der Waals surface area contributed by atoms with Gasteiger partial charge in [-0.1, -0.05) is 0 Å². The van der Waals surface area contributed by atoms with E-state index in [1.165, 1.54) is 7.96 Å². The summed E-state index contributed by atoms with van der Waals surface area (Å²) in [5.74, 6) is 0. The molecule has 140 valence electrons. The molecule has 0 N–H and O–H groups in total. The van der Waals surface area contributed by atoms with Crippen LogP contribution in [0.4, 0.5) is 0 Å². The highest BCUT2D eigenvalue weighted by Crippen LogP contribution is 3.28. The van der Waals surface area contributed by atoms with E-state index in [1.54, 1.807) is 0 Å². The number of hydrogen-bond acceptors (Lipinski definition) is 0. The van der Waals surface area contributed by atoms with Crippen LogP contribution >= 0.6 is 185 Å². The summed E-state index contributed by atoms with van der Waals surface area (Å²) in [6, 6.07) is 0. The summed E-state index contributed by atoms with van der Waals surface area (Å²) < 4.78 is 0. The van der Waals surface area contributed by atoms with Crippen LogP contribution in [0, 0.1) is 0 Å². The van der Waals surface area contributed by atoms with Crippen LogP contribution in [-0.2, 0) is 0 Å². The fraction of sp³-hybridized carbons (Fsp3) is 0. The van der Waals surface area contributed by atoms with Crippen molar-refractivity contribution < 1.29 is 0 Å². The van der Waals surface area contributed by atoms with Crippen molar-refractivity contribution in [3.05, 3.63) is 0 Å². The Labute approximate surface area is 183 Å². The standard InChI is InChI=1S/H25P23/c1-14(2)20(15(3)4)13-21(22(16(5)6)17(7)8)23(18(9)10)19(11)12/h13H,1-12H2. The Morgan fingerprint density at radius 3 is 0.783 bits per heavy atom. The molecule has 0 nitrogen and oxygen atoms in total. The normalized spacial score (nSPS) is 14.3. The molecular formula is H25P23. The summed E-state index contributed by atoms with van der Waals surface area (Å²) in [5.41, 5.74) is 0. The van der Waals surface area contributed by atoms with Crippen LogP contribution in [0.3, 0.4) is 0 Å². The Morgan fingerprint density at radius 2 is 0.609 bits per heavy atom. The fourth-order valence-electron chi connectivity index (χ4n) is 1.08. The summed E-state index contributed by atoms with van der Waals surface area (Å²) in [5, 5.41) is 0. The van der Waals surface area contributed by atoms with Gasteiger partial charge in [0.2, 0.25) is 0 Å². The molecule has 13 atom stereocenters. The van der Waals surface area contributed by atoms with Crippen molar-refractivity contribution in [3.63, 3.8) is 0 Å². The highest BCUT2D eigenvalue weighted by Gasteiger charge is 2.39. The van der Waals surface area contributed by atoms with E-state index >= 15 is 0 Å². The first-order chi connectivity index (χ1) is 10.4. The van der Waals surface area contributed by atoms with E-state index < -0.39 is 0 Å². The van der Waals surface area contributed by atoms with Crippen molar-refractivity contribution in [2.45, 2.75) is 0 Å². The largest absolute Gasteiger partial charge is 0.102 e. The Balaban J connectivity index is 5.76. The van der Waals surface area contributed by atoms with Gasteiger partial charge < -0.3 is 0 Å². The van der Waals surface area contributed by atoms with Gasteiger partial charge in [0.25, 0.3) is 0 Å². The smallest absolute Gasteiger partial charge is 0.00561 e. The van der Waals surface area contributed by atoms with Gasteiger partial charge >= 0.3 is 0 Å². The van der Waals surface area contributed by atoms with Crippen molar-refractivity contribution in [2.75, 3.05) is 0 Å². The second kappa shape index (κ2) is 18.2. The summed E-state index contributed by atoms with van der Waals surface area (Å²) in [6.45, 7) is 0.788. The number of rotatable bonds is 10. The first-order valence-corrected chi connectivity index (χ1v) is 46.3. The van der Waals surface area contributed by atoms with Crippen molar-refractivity contribution >= 4 is 185 Å². The average Bonchev–Trinajstić information content (AvgIpc) is 2.32. The van der Waals surface area contributed by atoms with Gasteiger partial charge in [0.15, 0.2) is 0 Å². The maximum atomic E-state index is 3.19. The second-order valence-corrected chi connectivity index (χ2v) is 94.4. The highest BCUT2D eigenvalue weighted by molar-refractivity contribution is 9.34.